The lowest BCUT2D eigenvalue weighted by atomic mass is 9.88. The molecule has 0 saturated carbocycles. The van der Waals surface area contributed by atoms with Crippen molar-refractivity contribution in [3.05, 3.63) is 24.8 Å². The molecule has 15 heavy (non-hydrogen) atoms. The van der Waals surface area contributed by atoms with Gasteiger partial charge in [0.15, 0.2) is 0 Å². The van der Waals surface area contributed by atoms with Crippen molar-refractivity contribution < 1.29 is 14.3 Å². The molecule has 1 heterocycles. The Morgan fingerprint density at radius 3 is 3.47 bits per heavy atom. The number of carbonyl (C=O) groups is 1. The zero-order valence-electron chi connectivity index (χ0n) is 8.57. The van der Waals surface area contributed by atoms with Crippen LogP contribution in [0, 0.1) is 0 Å². The number of fused-ring (bicyclic) bond motifs is 2. The summed E-state index contributed by atoms with van der Waals surface area (Å²) in [5, 5.41) is 2.87. The molecule has 82 valence electrons. The molecule has 0 radical (unpaired) electrons. The molecule has 2 rings (SSSR count). The van der Waals surface area contributed by atoms with Gasteiger partial charge in [-0.2, -0.15) is 0 Å². The van der Waals surface area contributed by atoms with Gasteiger partial charge in [0, 0.05) is 6.42 Å². The molecular formula is C11H15NO3. The van der Waals surface area contributed by atoms with Crippen molar-refractivity contribution in [3.8, 4) is 0 Å². The highest BCUT2D eigenvalue weighted by atomic mass is 16.5. The molecule has 1 aliphatic heterocycles. The van der Waals surface area contributed by atoms with Crippen molar-refractivity contribution in [2.45, 2.75) is 24.5 Å². The van der Waals surface area contributed by atoms with Gasteiger partial charge in [-0.3, -0.25) is 0 Å². The van der Waals surface area contributed by atoms with E-state index in [1.54, 1.807) is 6.08 Å². The lowest BCUT2D eigenvalue weighted by Crippen LogP contribution is -2.49. The van der Waals surface area contributed by atoms with E-state index in [1.165, 1.54) is 0 Å². The minimum Gasteiger partial charge on any atom is -0.445 e. The molecule has 2 atom stereocenters. The molecule has 4 heteroatoms. The Balaban J connectivity index is 1.90. The zero-order valence-corrected chi connectivity index (χ0v) is 8.57. The zero-order chi connectivity index (χ0) is 10.7. The Bertz CT molecular complexity index is 300. The van der Waals surface area contributed by atoms with Gasteiger partial charge in [-0.1, -0.05) is 24.8 Å². The second-order valence-corrected chi connectivity index (χ2v) is 3.98. The van der Waals surface area contributed by atoms with Crippen LogP contribution >= 0.6 is 0 Å². The summed E-state index contributed by atoms with van der Waals surface area (Å²) in [6, 6.07) is 0. The Hall–Kier alpha value is -1.29. The molecule has 0 aromatic carbocycles. The minimum atomic E-state index is -0.394. The second-order valence-electron chi connectivity index (χ2n) is 3.98. The molecule has 2 bridgehead atoms. The molecule has 1 aliphatic carbocycles. The van der Waals surface area contributed by atoms with Crippen LogP contribution in [0.2, 0.25) is 0 Å². The van der Waals surface area contributed by atoms with Gasteiger partial charge < -0.3 is 14.8 Å². The highest BCUT2D eigenvalue weighted by Gasteiger charge is 2.42. The van der Waals surface area contributed by atoms with Crippen molar-refractivity contribution in [2.24, 2.45) is 0 Å². The van der Waals surface area contributed by atoms with E-state index in [0.29, 0.717) is 6.61 Å². The van der Waals surface area contributed by atoms with Crippen LogP contribution in [-0.2, 0) is 9.47 Å². The van der Waals surface area contributed by atoms with Crippen molar-refractivity contribution in [3.63, 3.8) is 0 Å². The number of carbonyl (C=O) groups excluding carboxylic acids is 1. The van der Waals surface area contributed by atoms with E-state index in [1.807, 2.05) is 6.08 Å². The maximum Gasteiger partial charge on any atom is 0.407 e. The van der Waals surface area contributed by atoms with Crippen molar-refractivity contribution in [2.75, 3.05) is 13.2 Å². The average Bonchev–Trinajstić information content (AvgIpc) is 2.51. The van der Waals surface area contributed by atoms with Gasteiger partial charge in [0.1, 0.15) is 6.61 Å². The molecule has 2 unspecified atom stereocenters. The highest BCUT2D eigenvalue weighted by molar-refractivity contribution is 5.68. The van der Waals surface area contributed by atoms with Crippen LogP contribution in [0.4, 0.5) is 4.79 Å². The van der Waals surface area contributed by atoms with Crippen LogP contribution in [0.5, 0.6) is 0 Å². The molecule has 0 spiro atoms. The summed E-state index contributed by atoms with van der Waals surface area (Å²) in [4.78, 5) is 11.4. The van der Waals surface area contributed by atoms with Gasteiger partial charge in [0.2, 0.25) is 0 Å². The number of ether oxygens (including phenoxy) is 2. The Morgan fingerprint density at radius 2 is 2.67 bits per heavy atom. The van der Waals surface area contributed by atoms with E-state index in [0.717, 1.165) is 12.8 Å². The van der Waals surface area contributed by atoms with Crippen LogP contribution in [0.25, 0.3) is 0 Å². The number of alkyl carbamates (subject to hydrolysis) is 1. The summed E-state index contributed by atoms with van der Waals surface area (Å²) in [5.41, 5.74) is -0.252. The average molecular weight is 209 g/mol. The van der Waals surface area contributed by atoms with Crippen molar-refractivity contribution in [1.82, 2.24) is 5.32 Å². The molecule has 2 aliphatic rings. The largest absolute Gasteiger partial charge is 0.445 e. The van der Waals surface area contributed by atoms with Crippen LogP contribution in [0.3, 0.4) is 0 Å². The Kier molecular flexibility index (Phi) is 2.77. The van der Waals surface area contributed by atoms with Gasteiger partial charge >= 0.3 is 6.09 Å². The second kappa shape index (κ2) is 4.06. The predicted octanol–water partition coefficient (Wildman–Crippen LogP) is 1.39. The quantitative estimate of drug-likeness (QED) is 0.714. The highest BCUT2D eigenvalue weighted by Crippen LogP contribution is 2.32. The Labute approximate surface area is 88.9 Å². The summed E-state index contributed by atoms with van der Waals surface area (Å²) in [6.07, 6.45) is 7.05. The summed E-state index contributed by atoms with van der Waals surface area (Å²) in [5.74, 6) is 0. The van der Waals surface area contributed by atoms with Gasteiger partial charge in [0.05, 0.1) is 18.2 Å². The fourth-order valence-corrected chi connectivity index (χ4v) is 2.01. The van der Waals surface area contributed by atoms with Crippen molar-refractivity contribution >= 4 is 6.09 Å². The number of amides is 1. The fourth-order valence-electron chi connectivity index (χ4n) is 2.01. The number of nitrogens with one attached hydrogen (secondary N) is 1. The van der Waals surface area contributed by atoms with E-state index >= 15 is 0 Å². The first-order chi connectivity index (χ1) is 7.24. The molecule has 0 aromatic heterocycles. The van der Waals surface area contributed by atoms with E-state index in [2.05, 4.69) is 18.0 Å². The summed E-state index contributed by atoms with van der Waals surface area (Å²) < 4.78 is 10.4. The summed E-state index contributed by atoms with van der Waals surface area (Å²) in [7, 11) is 0. The van der Waals surface area contributed by atoms with E-state index in [-0.39, 0.29) is 18.2 Å². The standard InChI is InChI=1S/C11H15NO3/c1-2-6-14-10(13)12-11-5-3-4-9(7-11)15-8-11/h2-4,9H,1,5-8H2,(H,12,13). The van der Waals surface area contributed by atoms with Crippen LogP contribution < -0.4 is 5.32 Å². The SMILES string of the molecule is C=CCOC(=O)NC12CC=CC(C1)OC2. The molecule has 0 aromatic rings. The van der Waals surface area contributed by atoms with Crippen LogP contribution in [0.15, 0.2) is 24.8 Å². The number of hydrogen-bond donors (Lipinski definition) is 1. The number of rotatable bonds is 3. The molecule has 1 fully saturated rings. The molecule has 1 amide bonds. The maximum atomic E-state index is 11.4. The van der Waals surface area contributed by atoms with E-state index in [4.69, 9.17) is 9.47 Å². The Morgan fingerprint density at radius 1 is 1.80 bits per heavy atom. The minimum absolute atomic E-state index is 0.151. The van der Waals surface area contributed by atoms with Gasteiger partial charge in [-0.25, -0.2) is 4.79 Å². The molecule has 1 saturated heterocycles. The molecule has 4 nitrogen and oxygen atoms in total. The third-order valence-electron chi connectivity index (χ3n) is 2.72. The van der Waals surface area contributed by atoms with Gasteiger partial charge in [-0.15, -0.1) is 0 Å². The van der Waals surface area contributed by atoms with E-state index in [9.17, 15) is 4.79 Å². The first-order valence-electron chi connectivity index (χ1n) is 5.08. The lowest BCUT2D eigenvalue weighted by Gasteiger charge is -2.28. The fraction of sp³-hybridized carbons (Fsp3) is 0.545. The van der Waals surface area contributed by atoms with Crippen LogP contribution in [0.1, 0.15) is 12.8 Å². The normalized spacial score (nSPS) is 32.4. The van der Waals surface area contributed by atoms with E-state index < -0.39 is 6.09 Å². The third kappa shape index (κ3) is 2.21. The maximum absolute atomic E-state index is 11.4. The first kappa shape index (κ1) is 10.2. The molecule has 1 N–H and O–H groups in total. The van der Waals surface area contributed by atoms with Crippen LogP contribution in [-0.4, -0.2) is 30.9 Å². The summed E-state index contributed by atoms with van der Waals surface area (Å²) >= 11 is 0. The third-order valence-corrected chi connectivity index (χ3v) is 2.72. The predicted molar refractivity (Wildman–Crippen MR) is 55.5 cm³/mol. The smallest absolute Gasteiger partial charge is 0.407 e. The number of hydrogen-bond acceptors (Lipinski definition) is 3. The molecular weight excluding hydrogens is 194 g/mol. The monoisotopic (exact) mass is 209 g/mol. The van der Waals surface area contributed by atoms with Crippen molar-refractivity contribution in [1.29, 1.82) is 0 Å². The first-order valence-corrected chi connectivity index (χ1v) is 5.08. The topological polar surface area (TPSA) is 47.6 Å². The summed E-state index contributed by atoms with van der Waals surface area (Å²) in [6.45, 7) is 4.29. The van der Waals surface area contributed by atoms with Gasteiger partial charge in [-0.05, 0) is 6.42 Å². The van der Waals surface area contributed by atoms with Gasteiger partial charge in [0.25, 0.3) is 0 Å². The lowest BCUT2D eigenvalue weighted by molar-refractivity contribution is 0.121.